The highest BCUT2D eigenvalue weighted by atomic mass is 79.9. The Bertz CT molecular complexity index is 793. The molecule has 6 heteroatoms. The summed E-state index contributed by atoms with van der Waals surface area (Å²) in [5.41, 5.74) is 1.35. The van der Waals surface area contributed by atoms with Crippen molar-refractivity contribution in [3.8, 4) is 18.1 Å². The number of carbonyl (C=O) groups is 1. The Labute approximate surface area is 168 Å². The maximum absolute atomic E-state index is 13.1. The monoisotopic (exact) mass is 432 g/mol. The number of likely N-dealkylation sites (N-methyl/N-ethyl adjacent to an activating group) is 1. The van der Waals surface area contributed by atoms with Crippen molar-refractivity contribution in [3.63, 3.8) is 0 Å². The number of carbonyl (C=O) groups excluding carboxylic acids is 1. The molecule has 26 heavy (non-hydrogen) atoms. The van der Waals surface area contributed by atoms with E-state index in [0.29, 0.717) is 16.6 Å². The summed E-state index contributed by atoms with van der Waals surface area (Å²) in [6.45, 7) is 0.175. The summed E-state index contributed by atoms with van der Waals surface area (Å²) in [6, 6.07) is 5.83. The minimum absolute atomic E-state index is 0.0349. The van der Waals surface area contributed by atoms with Crippen molar-refractivity contribution < 1.29 is 9.53 Å². The van der Waals surface area contributed by atoms with Crippen molar-refractivity contribution in [1.82, 2.24) is 9.80 Å². The van der Waals surface area contributed by atoms with Gasteiger partial charge in [-0.1, -0.05) is 41.1 Å². The Balaban J connectivity index is 1.93. The van der Waals surface area contributed by atoms with Gasteiger partial charge in [0.15, 0.2) is 5.11 Å². The molecule has 1 saturated carbocycles. The number of halogens is 1. The maximum Gasteiger partial charge on any atom is 0.277 e. The van der Waals surface area contributed by atoms with Crippen LogP contribution in [0.25, 0.3) is 6.08 Å². The van der Waals surface area contributed by atoms with Gasteiger partial charge in [0.25, 0.3) is 5.91 Å². The number of benzene rings is 1. The molecule has 1 heterocycles. The van der Waals surface area contributed by atoms with Gasteiger partial charge in [0.2, 0.25) is 0 Å². The molecule has 3 rings (SSSR count). The first kappa shape index (κ1) is 18.9. The van der Waals surface area contributed by atoms with Gasteiger partial charge in [-0.25, -0.2) is 0 Å². The molecule has 0 spiro atoms. The van der Waals surface area contributed by atoms with Gasteiger partial charge in [-0.2, -0.15) is 0 Å². The molecule has 0 bridgehead atoms. The van der Waals surface area contributed by atoms with Crippen molar-refractivity contribution in [2.45, 2.75) is 38.1 Å². The summed E-state index contributed by atoms with van der Waals surface area (Å²) >= 11 is 9.04. The van der Waals surface area contributed by atoms with Crippen molar-refractivity contribution in [2.24, 2.45) is 0 Å². The highest BCUT2D eigenvalue weighted by Gasteiger charge is 2.40. The van der Waals surface area contributed by atoms with E-state index >= 15 is 0 Å². The molecule has 136 valence electrons. The minimum atomic E-state index is -0.0349. The van der Waals surface area contributed by atoms with Crippen LogP contribution in [0.1, 0.15) is 37.7 Å². The summed E-state index contributed by atoms with van der Waals surface area (Å²) in [5.74, 6) is 3.07. The molecule has 0 N–H and O–H groups in total. The average molecular weight is 433 g/mol. The lowest BCUT2D eigenvalue weighted by Gasteiger charge is -2.30. The summed E-state index contributed by atoms with van der Waals surface area (Å²) in [4.78, 5) is 16.7. The van der Waals surface area contributed by atoms with E-state index in [1.165, 1.54) is 6.42 Å². The SMILES string of the molecule is C#CCOc1ccc(Br)cc1C=C1C(=O)N(C2CCCCC2)C(=S)N1C. The smallest absolute Gasteiger partial charge is 0.277 e. The Hall–Kier alpha value is -1.84. The minimum Gasteiger partial charge on any atom is -0.480 e. The zero-order valence-corrected chi connectivity index (χ0v) is 17.1. The molecule has 0 aromatic heterocycles. The molecule has 1 aliphatic carbocycles. The summed E-state index contributed by atoms with van der Waals surface area (Å²) in [7, 11) is 1.84. The second-order valence-electron chi connectivity index (χ2n) is 6.51. The zero-order valence-electron chi connectivity index (χ0n) is 14.7. The van der Waals surface area contributed by atoms with Crippen LogP contribution in [0.2, 0.25) is 0 Å². The Kier molecular flexibility index (Phi) is 6.00. The third-order valence-electron chi connectivity index (χ3n) is 4.81. The summed E-state index contributed by atoms with van der Waals surface area (Å²) in [5, 5.41) is 0.578. The van der Waals surface area contributed by atoms with Crippen LogP contribution in [0, 0.1) is 12.3 Å². The third kappa shape index (κ3) is 3.79. The molecule has 1 aromatic rings. The Morgan fingerprint density at radius 1 is 1.38 bits per heavy atom. The standard InChI is InChI=1S/C20H21BrN2O2S/c1-3-11-25-18-10-9-15(21)12-14(18)13-17-19(24)23(20(26)22(17)2)16-7-5-4-6-8-16/h1,9-10,12-13,16H,4-8,11H2,2H3. The van der Waals surface area contributed by atoms with E-state index in [-0.39, 0.29) is 18.6 Å². The van der Waals surface area contributed by atoms with Crippen LogP contribution in [0.15, 0.2) is 28.4 Å². The first-order valence-electron chi connectivity index (χ1n) is 8.71. The normalized spacial score (nSPS) is 20.0. The second kappa shape index (κ2) is 8.24. The predicted molar refractivity (Wildman–Crippen MR) is 111 cm³/mol. The number of amides is 1. The third-order valence-corrected chi connectivity index (χ3v) is 5.77. The number of ether oxygens (including phenoxy) is 1. The summed E-state index contributed by atoms with van der Waals surface area (Å²) < 4.78 is 6.51. The Morgan fingerprint density at radius 2 is 2.12 bits per heavy atom. The van der Waals surface area contributed by atoms with Crippen molar-refractivity contribution >= 4 is 45.2 Å². The fraction of sp³-hybridized carbons (Fsp3) is 0.400. The number of terminal acetylenes is 1. The van der Waals surface area contributed by atoms with Gasteiger partial charge in [0.1, 0.15) is 18.1 Å². The molecular weight excluding hydrogens is 412 g/mol. The molecule has 1 aliphatic heterocycles. The molecular formula is C20H21BrN2O2S. The predicted octanol–water partition coefficient (Wildman–Crippen LogP) is 4.19. The van der Waals surface area contributed by atoms with Gasteiger partial charge < -0.3 is 9.64 Å². The largest absolute Gasteiger partial charge is 0.480 e. The van der Waals surface area contributed by atoms with Gasteiger partial charge in [0.05, 0.1) is 0 Å². The zero-order chi connectivity index (χ0) is 18.7. The van der Waals surface area contributed by atoms with Gasteiger partial charge in [0, 0.05) is 23.1 Å². The van der Waals surface area contributed by atoms with E-state index in [1.807, 2.05) is 31.3 Å². The van der Waals surface area contributed by atoms with E-state index in [2.05, 4.69) is 21.9 Å². The molecule has 0 atom stereocenters. The lowest BCUT2D eigenvalue weighted by atomic mass is 9.94. The molecule has 2 aliphatic rings. The number of hydrogen-bond donors (Lipinski definition) is 0. The highest BCUT2D eigenvalue weighted by Crippen LogP contribution is 2.32. The van der Waals surface area contributed by atoms with E-state index in [1.54, 1.807) is 9.80 Å². The maximum atomic E-state index is 13.1. The van der Waals surface area contributed by atoms with E-state index in [4.69, 9.17) is 23.4 Å². The van der Waals surface area contributed by atoms with Crippen LogP contribution in [0.5, 0.6) is 5.75 Å². The van der Waals surface area contributed by atoms with Crippen LogP contribution < -0.4 is 4.74 Å². The molecule has 2 fully saturated rings. The van der Waals surface area contributed by atoms with Gasteiger partial charge in [-0.15, -0.1) is 6.42 Å². The first-order chi connectivity index (χ1) is 12.5. The number of thiocarbonyl (C=S) groups is 1. The highest BCUT2D eigenvalue weighted by molar-refractivity contribution is 9.10. The molecule has 4 nitrogen and oxygen atoms in total. The Morgan fingerprint density at radius 3 is 2.81 bits per heavy atom. The number of rotatable bonds is 4. The molecule has 0 unspecified atom stereocenters. The molecule has 1 saturated heterocycles. The first-order valence-corrected chi connectivity index (χ1v) is 9.92. The van der Waals surface area contributed by atoms with E-state index in [0.717, 1.165) is 35.7 Å². The van der Waals surface area contributed by atoms with Gasteiger partial charge >= 0.3 is 0 Å². The van der Waals surface area contributed by atoms with Crippen LogP contribution in [0.3, 0.4) is 0 Å². The van der Waals surface area contributed by atoms with Gasteiger partial charge in [-0.3, -0.25) is 9.69 Å². The lowest BCUT2D eigenvalue weighted by Crippen LogP contribution is -2.41. The van der Waals surface area contributed by atoms with Crippen LogP contribution in [-0.4, -0.2) is 40.5 Å². The van der Waals surface area contributed by atoms with Crippen LogP contribution in [-0.2, 0) is 4.79 Å². The molecule has 0 radical (unpaired) electrons. The fourth-order valence-corrected chi connectivity index (χ4v) is 4.18. The van der Waals surface area contributed by atoms with Crippen LogP contribution in [0.4, 0.5) is 0 Å². The molecule has 1 aromatic carbocycles. The van der Waals surface area contributed by atoms with Crippen LogP contribution >= 0.6 is 28.1 Å². The average Bonchev–Trinajstić information content (AvgIpc) is 2.85. The van der Waals surface area contributed by atoms with E-state index < -0.39 is 0 Å². The molecule has 1 amide bonds. The van der Waals surface area contributed by atoms with Crippen molar-refractivity contribution in [2.75, 3.05) is 13.7 Å². The lowest BCUT2D eigenvalue weighted by molar-refractivity contribution is -0.124. The van der Waals surface area contributed by atoms with Crippen molar-refractivity contribution in [1.29, 1.82) is 0 Å². The number of nitrogens with zero attached hydrogens (tertiary/aromatic N) is 2. The quantitative estimate of drug-likeness (QED) is 0.405. The van der Waals surface area contributed by atoms with E-state index in [9.17, 15) is 4.79 Å². The van der Waals surface area contributed by atoms with Gasteiger partial charge in [-0.05, 0) is 49.3 Å². The second-order valence-corrected chi connectivity index (χ2v) is 7.79. The fourth-order valence-electron chi connectivity index (χ4n) is 3.47. The number of hydrogen-bond acceptors (Lipinski definition) is 3. The van der Waals surface area contributed by atoms with Crippen molar-refractivity contribution in [3.05, 3.63) is 33.9 Å². The topological polar surface area (TPSA) is 32.8 Å². The summed E-state index contributed by atoms with van der Waals surface area (Å²) in [6.07, 6.45) is 12.7.